The Kier molecular flexibility index (Phi) is 5.24. The molecule has 0 aromatic carbocycles. The predicted octanol–water partition coefficient (Wildman–Crippen LogP) is 2.20. The van der Waals surface area contributed by atoms with Crippen LogP contribution in [0.25, 0.3) is 0 Å². The molecule has 114 valence electrons. The van der Waals surface area contributed by atoms with Crippen molar-refractivity contribution in [3.05, 3.63) is 24.2 Å². The Labute approximate surface area is 123 Å². The van der Waals surface area contributed by atoms with E-state index in [1.807, 2.05) is 6.07 Å². The minimum Gasteiger partial charge on any atom is -0.468 e. The van der Waals surface area contributed by atoms with Gasteiger partial charge < -0.3 is 14.6 Å². The van der Waals surface area contributed by atoms with Gasteiger partial charge in [-0.2, -0.15) is 0 Å². The molecule has 1 aliphatic heterocycles. The lowest BCUT2D eigenvalue weighted by molar-refractivity contribution is 0.115. The first-order valence-corrected chi connectivity index (χ1v) is 7.62. The Morgan fingerprint density at radius 3 is 2.80 bits per heavy atom. The minimum atomic E-state index is 0.298. The van der Waals surface area contributed by atoms with Gasteiger partial charge in [0.2, 0.25) is 0 Å². The van der Waals surface area contributed by atoms with Crippen molar-refractivity contribution < 1.29 is 4.42 Å². The molecule has 2 heterocycles. The number of likely N-dealkylation sites (N-methyl/N-ethyl adjacent to an activating group) is 1. The van der Waals surface area contributed by atoms with E-state index in [0.29, 0.717) is 24.0 Å². The fraction of sp³-hybridized carbons (Fsp3) is 0.750. The molecule has 1 aromatic rings. The van der Waals surface area contributed by atoms with Crippen LogP contribution in [0.2, 0.25) is 0 Å². The highest BCUT2D eigenvalue weighted by Crippen LogP contribution is 2.23. The fourth-order valence-electron chi connectivity index (χ4n) is 3.11. The van der Waals surface area contributed by atoms with Gasteiger partial charge in [0.15, 0.2) is 0 Å². The molecule has 1 aromatic heterocycles. The molecule has 0 radical (unpaired) electrons. The molecule has 1 aliphatic rings. The predicted molar refractivity (Wildman–Crippen MR) is 82.8 cm³/mol. The molecule has 4 heteroatoms. The van der Waals surface area contributed by atoms with Crippen LogP contribution in [0.4, 0.5) is 0 Å². The first kappa shape index (κ1) is 15.5. The van der Waals surface area contributed by atoms with Gasteiger partial charge in [-0.05, 0) is 52.5 Å². The molecular formula is C16H29N3O. The molecule has 1 N–H and O–H groups in total. The lowest BCUT2D eigenvalue weighted by Crippen LogP contribution is -2.52. The standard InChI is InChI=1S/C16H29N3O/c1-12-11-19(5)13(2)9-14(12)17-10-15(18(3)4)16-7-6-8-20-16/h6-8,12-15,17H,9-11H2,1-5H3. The molecule has 4 atom stereocenters. The van der Waals surface area contributed by atoms with Crippen molar-refractivity contribution in [3.63, 3.8) is 0 Å². The van der Waals surface area contributed by atoms with E-state index in [-0.39, 0.29) is 0 Å². The normalized spacial score (nSPS) is 29.8. The van der Waals surface area contributed by atoms with E-state index in [1.54, 1.807) is 6.26 Å². The van der Waals surface area contributed by atoms with Crippen molar-refractivity contribution in [1.82, 2.24) is 15.1 Å². The lowest BCUT2D eigenvalue weighted by Gasteiger charge is -2.40. The van der Waals surface area contributed by atoms with Crippen LogP contribution in [0.15, 0.2) is 22.8 Å². The highest BCUT2D eigenvalue weighted by atomic mass is 16.3. The zero-order valence-electron chi connectivity index (χ0n) is 13.5. The third-order valence-electron chi connectivity index (χ3n) is 4.68. The number of likely N-dealkylation sites (tertiary alicyclic amines) is 1. The van der Waals surface area contributed by atoms with E-state index in [9.17, 15) is 0 Å². The molecule has 0 spiro atoms. The van der Waals surface area contributed by atoms with E-state index >= 15 is 0 Å². The van der Waals surface area contributed by atoms with E-state index < -0.39 is 0 Å². The molecule has 4 nitrogen and oxygen atoms in total. The van der Waals surface area contributed by atoms with Gasteiger partial charge >= 0.3 is 0 Å². The van der Waals surface area contributed by atoms with Crippen LogP contribution in [0, 0.1) is 5.92 Å². The maximum atomic E-state index is 5.57. The zero-order chi connectivity index (χ0) is 14.7. The Hall–Kier alpha value is -0.840. The van der Waals surface area contributed by atoms with Gasteiger partial charge in [-0.15, -0.1) is 0 Å². The summed E-state index contributed by atoms with van der Waals surface area (Å²) in [7, 11) is 6.44. The summed E-state index contributed by atoms with van der Waals surface area (Å²) in [5.74, 6) is 1.73. The summed E-state index contributed by atoms with van der Waals surface area (Å²) >= 11 is 0. The Bertz CT molecular complexity index is 390. The van der Waals surface area contributed by atoms with Crippen LogP contribution in [0.1, 0.15) is 32.1 Å². The average molecular weight is 279 g/mol. The summed E-state index contributed by atoms with van der Waals surface area (Å²) in [5.41, 5.74) is 0. The maximum Gasteiger partial charge on any atom is 0.122 e. The summed E-state index contributed by atoms with van der Waals surface area (Å²) in [6.07, 6.45) is 2.97. The molecule has 2 rings (SSSR count). The number of rotatable bonds is 5. The topological polar surface area (TPSA) is 31.6 Å². The summed E-state index contributed by atoms with van der Waals surface area (Å²) in [5, 5.41) is 3.76. The summed E-state index contributed by atoms with van der Waals surface area (Å²) in [6, 6.07) is 5.58. The van der Waals surface area contributed by atoms with Crippen LogP contribution in [0.3, 0.4) is 0 Å². The minimum absolute atomic E-state index is 0.298. The Morgan fingerprint density at radius 2 is 2.20 bits per heavy atom. The van der Waals surface area contributed by atoms with Gasteiger partial charge in [0.25, 0.3) is 0 Å². The van der Waals surface area contributed by atoms with Gasteiger partial charge in [0.05, 0.1) is 12.3 Å². The highest BCUT2D eigenvalue weighted by molar-refractivity contribution is 5.05. The van der Waals surface area contributed by atoms with Crippen molar-refractivity contribution in [2.75, 3.05) is 34.2 Å². The fourth-order valence-corrected chi connectivity index (χ4v) is 3.11. The van der Waals surface area contributed by atoms with Crippen molar-refractivity contribution in [2.24, 2.45) is 5.92 Å². The molecule has 4 unspecified atom stereocenters. The van der Waals surface area contributed by atoms with Gasteiger partial charge in [-0.25, -0.2) is 0 Å². The van der Waals surface area contributed by atoms with E-state index in [2.05, 4.69) is 56.2 Å². The Balaban J connectivity index is 1.92. The second-order valence-electron chi connectivity index (χ2n) is 6.51. The van der Waals surface area contributed by atoms with Gasteiger partial charge in [-0.3, -0.25) is 4.90 Å². The molecular weight excluding hydrogens is 250 g/mol. The third kappa shape index (κ3) is 3.62. The van der Waals surface area contributed by atoms with Crippen molar-refractivity contribution in [3.8, 4) is 0 Å². The molecule has 0 aliphatic carbocycles. The smallest absolute Gasteiger partial charge is 0.122 e. The third-order valence-corrected chi connectivity index (χ3v) is 4.68. The van der Waals surface area contributed by atoms with Crippen molar-refractivity contribution in [2.45, 2.75) is 38.4 Å². The first-order chi connectivity index (χ1) is 9.49. The van der Waals surface area contributed by atoms with Gasteiger partial charge in [0, 0.05) is 25.2 Å². The number of nitrogens with one attached hydrogen (secondary N) is 1. The second-order valence-corrected chi connectivity index (χ2v) is 6.51. The maximum absolute atomic E-state index is 5.57. The molecule has 0 bridgehead atoms. The summed E-state index contributed by atoms with van der Waals surface area (Å²) < 4.78 is 5.57. The molecule has 20 heavy (non-hydrogen) atoms. The molecule has 1 fully saturated rings. The van der Waals surface area contributed by atoms with Crippen LogP contribution in [-0.2, 0) is 0 Å². The number of hydrogen-bond acceptors (Lipinski definition) is 4. The monoisotopic (exact) mass is 279 g/mol. The van der Waals surface area contributed by atoms with Crippen LogP contribution >= 0.6 is 0 Å². The molecule has 0 saturated carbocycles. The number of hydrogen-bond donors (Lipinski definition) is 1. The van der Waals surface area contributed by atoms with Crippen LogP contribution in [0.5, 0.6) is 0 Å². The van der Waals surface area contributed by atoms with E-state index in [4.69, 9.17) is 4.42 Å². The molecule has 1 saturated heterocycles. The number of nitrogens with zero attached hydrogens (tertiary/aromatic N) is 2. The van der Waals surface area contributed by atoms with E-state index in [1.165, 1.54) is 13.0 Å². The van der Waals surface area contributed by atoms with E-state index in [0.717, 1.165) is 12.3 Å². The molecule has 0 amide bonds. The van der Waals surface area contributed by atoms with Gasteiger partial charge in [0.1, 0.15) is 5.76 Å². The summed E-state index contributed by atoms with van der Waals surface area (Å²) in [6.45, 7) is 6.77. The zero-order valence-corrected chi connectivity index (χ0v) is 13.5. The van der Waals surface area contributed by atoms with Gasteiger partial charge in [-0.1, -0.05) is 6.92 Å². The highest BCUT2D eigenvalue weighted by Gasteiger charge is 2.29. The SMILES string of the molecule is CC1CN(C)C(C)CC1NCC(c1ccco1)N(C)C. The second kappa shape index (κ2) is 6.74. The number of furan rings is 1. The van der Waals surface area contributed by atoms with Crippen LogP contribution < -0.4 is 5.32 Å². The lowest BCUT2D eigenvalue weighted by atomic mass is 9.89. The quantitative estimate of drug-likeness (QED) is 0.895. The average Bonchev–Trinajstić information content (AvgIpc) is 2.89. The number of piperidine rings is 1. The summed E-state index contributed by atoms with van der Waals surface area (Å²) in [4.78, 5) is 4.67. The van der Waals surface area contributed by atoms with Crippen molar-refractivity contribution >= 4 is 0 Å². The van der Waals surface area contributed by atoms with Crippen molar-refractivity contribution in [1.29, 1.82) is 0 Å². The largest absolute Gasteiger partial charge is 0.468 e. The Morgan fingerprint density at radius 1 is 1.45 bits per heavy atom. The first-order valence-electron chi connectivity index (χ1n) is 7.62. The van der Waals surface area contributed by atoms with Crippen LogP contribution in [-0.4, -0.2) is 56.1 Å².